The molecule has 0 saturated carbocycles. The summed E-state index contributed by atoms with van der Waals surface area (Å²) in [7, 11) is -1.99. The van der Waals surface area contributed by atoms with E-state index in [4.69, 9.17) is 0 Å². The van der Waals surface area contributed by atoms with Crippen LogP contribution in [-0.4, -0.2) is 45.4 Å². The molecule has 1 fully saturated rings. The van der Waals surface area contributed by atoms with Gasteiger partial charge in [-0.15, -0.1) is 22.7 Å². The van der Waals surface area contributed by atoms with Crippen LogP contribution in [0.25, 0.3) is 0 Å². The van der Waals surface area contributed by atoms with Gasteiger partial charge in [-0.1, -0.05) is 6.07 Å². The van der Waals surface area contributed by atoms with E-state index in [1.54, 1.807) is 17.3 Å². The Bertz CT molecular complexity index is 793. The smallest absolute Gasteiger partial charge is 0.265 e. The lowest BCUT2D eigenvalue weighted by atomic mass is 10.2. The fourth-order valence-corrected chi connectivity index (χ4v) is 5.76. The van der Waals surface area contributed by atoms with Crippen molar-refractivity contribution in [3.8, 4) is 0 Å². The minimum atomic E-state index is -3.72. The van der Waals surface area contributed by atoms with Crippen molar-refractivity contribution in [3.05, 3.63) is 38.7 Å². The quantitative estimate of drug-likeness (QED) is 0.794. The first-order valence-corrected chi connectivity index (χ1v) is 10.8. The number of carbonyl (C=O) groups is 1. The molecule has 24 heavy (non-hydrogen) atoms. The van der Waals surface area contributed by atoms with E-state index < -0.39 is 10.0 Å². The molecule has 2 N–H and O–H groups in total. The topological polar surface area (TPSA) is 78.5 Å². The zero-order valence-electron chi connectivity index (χ0n) is 13.2. The van der Waals surface area contributed by atoms with Gasteiger partial charge in [0.1, 0.15) is 9.77 Å². The predicted molar refractivity (Wildman–Crippen MR) is 96.0 cm³/mol. The number of amides is 1. The summed E-state index contributed by atoms with van der Waals surface area (Å²) >= 11 is 2.65. The van der Waals surface area contributed by atoms with Gasteiger partial charge in [0, 0.05) is 31.1 Å². The molecule has 1 aliphatic heterocycles. The highest BCUT2D eigenvalue weighted by Crippen LogP contribution is 2.25. The Balaban J connectivity index is 1.77. The lowest BCUT2D eigenvalue weighted by molar-refractivity contribution is 0.0745. The van der Waals surface area contributed by atoms with Crippen LogP contribution in [0.5, 0.6) is 0 Å². The second-order valence-corrected chi connectivity index (χ2v) is 9.26. The van der Waals surface area contributed by atoms with Crippen LogP contribution in [0.4, 0.5) is 0 Å². The minimum absolute atomic E-state index is 0.0619. The largest absolute Gasteiger partial charge is 0.337 e. The van der Waals surface area contributed by atoms with Gasteiger partial charge < -0.3 is 10.2 Å². The fourth-order valence-electron chi connectivity index (χ4n) is 2.62. The molecule has 1 aliphatic rings. The highest BCUT2D eigenvalue weighted by molar-refractivity contribution is 7.89. The summed E-state index contributed by atoms with van der Waals surface area (Å²) in [6.45, 7) is 1.85. The van der Waals surface area contributed by atoms with E-state index in [1.807, 2.05) is 17.5 Å². The van der Waals surface area contributed by atoms with Gasteiger partial charge in [-0.05, 0) is 35.9 Å². The second-order valence-electron chi connectivity index (χ2n) is 5.58. The molecule has 0 bridgehead atoms. The maximum Gasteiger partial charge on any atom is 0.265 e. The van der Waals surface area contributed by atoms with Crippen LogP contribution in [0.15, 0.2) is 33.9 Å². The predicted octanol–water partition coefficient (Wildman–Crippen LogP) is 1.72. The van der Waals surface area contributed by atoms with Crippen LogP contribution < -0.4 is 10.0 Å². The van der Waals surface area contributed by atoms with E-state index in [1.165, 1.54) is 28.7 Å². The van der Waals surface area contributed by atoms with Crippen molar-refractivity contribution in [2.45, 2.75) is 23.9 Å². The van der Waals surface area contributed by atoms with Crippen molar-refractivity contribution in [3.63, 3.8) is 0 Å². The monoisotopic (exact) mass is 385 g/mol. The number of likely N-dealkylation sites (N-methyl/N-ethyl adjacent to an activating group) is 1. The molecule has 130 valence electrons. The van der Waals surface area contributed by atoms with Gasteiger partial charge in [-0.2, -0.15) is 0 Å². The molecule has 1 unspecified atom stereocenters. The molecule has 3 rings (SSSR count). The summed E-state index contributed by atoms with van der Waals surface area (Å²) in [6, 6.07) is 5.34. The maximum atomic E-state index is 12.7. The van der Waals surface area contributed by atoms with E-state index in [9.17, 15) is 13.2 Å². The van der Waals surface area contributed by atoms with Crippen molar-refractivity contribution in [1.29, 1.82) is 0 Å². The van der Waals surface area contributed by atoms with E-state index in [2.05, 4.69) is 10.0 Å². The normalized spacial score (nSPS) is 18.0. The van der Waals surface area contributed by atoms with Crippen LogP contribution in [0, 0.1) is 0 Å². The number of sulfonamides is 1. The molecule has 0 spiro atoms. The Labute approximate surface area is 149 Å². The molecule has 2 aromatic rings. The van der Waals surface area contributed by atoms with Crippen molar-refractivity contribution in [1.82, 2.24) is 14.9 Å². The van der Waals surface area contributed by atoms with Crippen LogP contribution in [0.3, 0.4) is 0 Å². The highest BCUT2D eigenvalue weighted by atomic mass is 32.2. The first kappa shape index (κ1) is 17.6. The maximum absolute atomic E-state index is 12.7. The fraction of sp³-hybridized carbons (Fsp3) is 0.400. The molecular weight excluding hydrogens is 366 g/mol. The third-order valence-corrected chi connectivity index (χ3v) is 7.38. The average molecular weight is 386 g/mol. The summed E-state index contributed by atoms with van der Waals surface area (Å²) in [5.41, 5.74) is 0. The van der Waals surface area contributed by atoms with E-state index in [-0.39, 0.29) is 28.3 Å². The van der Waals surface area contributed by atoms with Crippen molar-refractivity contribution in [2.24, 2.45) is 0 Å². The Hall–Kier alpha value is -1.26. The van der Waals surface area contributed by atoms with Gasteiger partial charge in [-0.25, -0.2) is 13.1 Å². The number of nitrogens with one attached hydrogen (secondary N) is 2. The molecule has 1 atom stereocenters. The SMILES string of the molecule is CN(C(=O)c1sccc1S(=O)(=O)NCc1cccs1)C1CCNC1. The van der Waals surface area contributed by atoms with E-state index in [0.717, 1.165) is 24.4 Å². The summed E-state index contributed by atoms with van der Waals surface area (Å²) in [6.07, 6.45) is 0.881. The van der Waals surface area contributed by atoms with Gasteiger partial charge in [0.25, 0.3) is 5.91 Å². The lowest BCUT2D eigenvalue weighted by Crippen LogP contribution is -2.38. The zero-order chi connectivity index (χ0) is 17.2. The van der Waals surface area contributed by atoms with Gasteiger partial charge in [0.05, 0.1) is 0 Å². The zero-order valence-corrected chi connectivity index (χ0v) is 15.6. The molecular formula is C15H19N3O3S3. The molecule has 6 nitrogen and oxygen atoms in total. The molecule has 0 radical (unpaired) electrons. The van der Waals surface area contributed by atoms with Gasteiger partial charge in [0.2, 0.25) is 10.0 Å². The van der Waals surface area contributed by atoms with Gasteiger partial charge in [-0.3, -0.25) is 4.79 Å². The standard InChI is InChI=1S/C15H19N3O3S3/c1-18(11-4-6-16-9-11)15(19)14-13(5-8-23-14)24(20,21)17-10-12-3-2-7-22-12/h2-3,5,7-8,11,16-17H,4,6,9-10H2,1H3. The Morgan fingerprint density at radius 1 is 1.38 bits per heavy atom. The number of carbonyl (C=O) groups excluding carboxylic acids is 1. The van der Waals surface area contributed by atoms with Crippen LogP contribution in [0.2, 0.25) is 0 Å². The average Bonchev–Trinajstić information content (AvgIpc) is 3.33. The summed E-state index contributed by atoms with van der Waals surface area (Å²) < 4.78 is 27.7. The lowest BCUT2D eigenvalue weighted by Gasteiger charge is -2.23. The molecule has 0 aliphatic carbocycles. The number of hydrogen-bond donors (Lipinski definition) is 2. The van der Waals surface area contributed by atoms with Crippen molar-refractivity contribution >= 4 is 38.6 Å². The van der Waals surface area contributed by atoms with Crippen LogP contribution in [0.1, 0.15) is 21.0 Å². The van der Waals surface area contributed by atoms with E-state index >= 15 is 0 Å². The van der Waals surface area contributed by atoms with Crippen molar-refractivity contribution < 1.29 is 13.2 Å². The molecule has 1 amide bonds. The van der Waals surface area contributed by atoms with Gasteiger partial charge >= 0.3 is 0 Å². The number of thiophene rings is 2. The Morgan fingerprint density at radius 2 is 2.21 bits per heavy atom. The van der Waals surface area contributed by atoms with Crippen LogP contribution >= 0.6 is 22.7 Å². The first-order chi connectivity index (χ1) is 11.5. The number of rotatable bonds is 6. The van der Waals surface area contributed by atoms with E-state index in [0.29, 0.717) is 0 Å². The molecule has 9 heteroatoms. The summed E-state index contributed by atoms with van der Waals surface area (Å²) in [4.78, 5) is 15.6. The highest BCUT2D eigenvalue weighted by Gasteiger charge is 2.29. The Kier molecular flexibility index (Phi) is 5.36. The first-order valence-electron chi connectivity index (χ1n) is 7.56. The van der Waals surface area contributed by atoms with Gasteiger partial charge in [0.15, 0.2) is 0 Å². The second kappa shape index (κ2) is 7.32. The molecule has 3 heterocycles. The third kappa shape index (κ3) is 3.70. The molecule has 1 saturated heterocycles. The number of hydrogen-bond acceptors (Lipinski definition) is 6. The molecule has 0 aromatic carbocycles. The summed E-state index contributed by atoms with van der Waals surface area (Å²) in [5.74, 6) is -0.241. The Morgan fingerprint density at radius 3 is 2.88 bits per heavy atom. The van der Waals surface area contributed by atoms with Crippen molar-refractivity contribution in [2.75, 3.05) is 20.1 Å². The van der Waals surface area contributed by atoms with Crippen LogP contribution in [-0.2, 0) is 16.6 Å². The summed E-state index contributed by atoms with van der Waals surface area (Å²) in [5, 5.41) is 6.76. The third-order valence-electron chi connectivity index (χ3n) is 4.03. The molecule has 2 aromatic heterocycles. The minimum Gasteiger partial charge on any atom is -0.337 e. The number of nitrogens with zero attached hydrogens (tertiary/aromatic N) is 1.